The van der Waals surface area contributed by atoms with Crippen LogP contribution in [0.1, 0.15) is 13.8 Å². The van der Waals surface area contributed by atoms with E-state index in [1.165, 1.54) is 0 Å². The maximum absolute atomic E-state index is 9.26. The van der Waals surface area contributed by atoms with E-state index < -0.39 is 6.10 Å². The van der Waals surface area contributed by atoms with Crippen molar-refractivity contribution in [3.05, 3.63) is 30.3 Å². The van der Waals surface area contributed by atoms with Crippen LogP contribution in [0.5, 0.6) is 5.75 Å². The predicted molar refractivity (Wildman–Crippen MR) is 61.2 cm³/mol. The standard InChI is InChI=1S/C10H14O3.C2H6/c1-12-7-9(11)8-13-10-5-3-2-4-6-10;1-2/h2-6,9,11H,7-8H2,1H3;1-2H3. The molecular formula is C12H20O3. The van der Waals surface area contributed by atoms with Crippen LogP contribution in [0.4, 0.5) is 0 Å². The van der Waals surface area contributed by atoms with Gasteiger partial charge in [0.2, 0.25) is 0 Å². The molecule has 1 unspecified atom stereocenters. The Labute approximate surface area is 91.6 Å². The van der Waals surface area contributed by atoms with Gasteiger partial charge in [-0.15, -0.1) is 0 Å². The molecule has 1 aromatic carbocycles. The fourth-order valence-electron chi connectivity index (χ4n) is 0.950. The molecule has 1 aromatic rings. The maximum Gasteiger partial charge on any atom is 0.119 e. The summed E-state index contributed by atoms with van der Waals surface area (Å²) < 4.78 is 10.1. The zero-order valence-electron chi connectivity index (χ0n) is 9.64. The molecule has 0 saturated carbocycles. The lowest BCUT2D eigenvalue weighted by Gasteiger charge is -2.10. The highest BCUT2D eigenvalue weighted by Gasteiger charge is 2.03. The molecule has 0 radical (unpaired) electrons. The van der Waals surface area contributed by atoms with Gasteiger partial charge in [0, 0.05) is 7.11 Å². The summed E-state index contributed by atoms with van der Waals surface area (Å²) in [7, 11) is 1.55. The van der Waals surface area contributed by atoms with E-state index in [4.69, 9.17) is 9.47 Å². The van der Waals surface area contributed by atoms with E-state index >= 15 is 0 Å². The quantitative estimate of drug-likeness (QED) is 0.812. The lowest BCUT2D eigenvalue weighted by molar-refractivity contribution is 0.0325. The number of aliphatic hydroxyl groups excluding tert-OH is 1. The van der Waals surface area contributed by atoms with Crippen molar-refractivity contribution >= 4 is 0 Å². The molecule has 0 saturated heterocycles. The molecule has 0 aliphatic carbocycles. The number of hydrogen-bond donors (Lipinski definition) is 1. The number of aliphatic hydroxyl groups is 1. The smallest absolute Gasteiger partial charge is 0.119 e. The van der Waals surface area contributed by atoms with E-state index in [0.717, 1.165) is 5.75 Å². The molecule has 0 amide bonds. The van der Waals surface area contributed by atoms with E-state index in [1.807, 2.05) is 44.2 Å². The Morgan fingerprint density at radius 1 is 1.13 bits per heavy atom. The fourth-order valence-corrected chi connectivity index (χ4v) is 0.950. The van der Waals surface area contributed by atoms with Gasteiger partial charge in [0.25, 0.3) is 0 Å². The minimum absolute atomic E-state index is 0.262. The number of hydrogen-bond acceptors (Lipinski definition) is 3. The second kappa shape index (κ2) is 9.49. The lowest BCUT2D eigenvalue weighted by Crippen LogP contribution is -2.22. The second-order valence-electron chi connectivity index (χ2n) is 2.73. The number of methoxy groups -OCH3 is 1. The molecule has 0 bridgehead atoms. The van der Waals surface area contributed by atoms with Crippen LogP contribution in [0, 0.1) is 0 Å². The first-order chi connectivity index (χ1) is 7.33. The van der Waals surface area contributed by atoms with E-state index in [9.17, 15) is 5.11 Å². The monoisotopic (exact) mass is 212 g/mol. The molecule has 0 aliphatic heterocycles. The number of ether oxygens (including phenoxy) is 2. The van der Waals surface area contributed by atoms with Gasteiger partial charge in [-0.1, -0.05) is 32.0 Å². The molecule has 0 spiro atoms. The molecule has 0 aromatic heterocycles. The lowest BCUT2D eigenvalue weighted by atomic mass is 10.3. The first kappa shape index (κ1) is 13.9. The average Bonchev–Trinajstić information content (AvgIpc) is 2.31. The molecule has 86 valence electrons. The van der Waals surface area contributed by atoms with Gasteiger partial charge in [0.15, 0.2) is 0 Å². The normalized spacial score (nSPS) is 11.2. The van der Waals surface area contributed by atoms with E-state index in [1.54, 1.807) is 7.11 Å². The summed E-state index contributed by atoms with van der Waals surface area (Å²) in [6, 6.07) is 9.38. The van der Waals surface area contributed by atoms with Crippen LogP contribution in [-0.2, 0) is 4.74 Å². The van der Waals surface area contributed by atoms with Crippen LogP contribution in [-0.4, -0.2) is 31.5 Å². The van der Waals surface area contributed by atoms with Crippen molar-refractivity contribution in [2.45, 2.75) is 20.0 Å². The predicted octanol–water partition coefficient (Wildman–Crippen LogP) is 2.10. The van der Waals surface area contributed by atoms with E-state index in [-0.39, 0.29) is 6.61 Å². The third kappa shape index (κ3) is 6.94. The average molecular weight is 212 g/mol. The van der Waals surface area contributed by atoms with E-state index in [0.29, 0.717) is 6.61 Å². The van der Waals surface area contributed by atoms with Crippen molar-refractivity contribution in [3.63, 3.8) is 0 Å². The largest absolute Gasteiger partial charge is 0.491 e. The van der Waals surface area contributed by atoms with Gasteiger partial charge in [0.05, 0.1) is 6.61 Å². The summed E-state index contributed by atoms with van der Waals surface area (Å²) in [6.07, 6.45) is -0.565. The van der Waals surface area contributed by atoms with Gasteiger partial charge in [-0.25, -0.2) is 0 Å². The molecule has 0 fully saturated rings. The molecule has 0 heterocycles. The number of para-hydroxylation sites is 1. The van der Waals surface area contributed by atoms with Crippen molar-refractivity contribution in [2.24, 2.45) is 0 Å². The van der Waals surface area contributed by atoms with Crippen molar-refractivity contribution in [3.8, 4) is 5.75 Å². The Morgan fingerprint density at radius 3 is 2.27 bits per heavy atom. The van der Waals surface area contributed by atoms with Crippen LogP contribution < -0.4 is 4.74 Å². The Balaban J connectivity index is 0.000000921. The van der Waals surface area contributed by atoms with Crippen molar-refractivity contribution in [2.75, 3.05) is 20.3 Å². The highest BCUT2D eigenvalue weighted by atomic mass is 16.5. The maximum atomic E-state index is 9.26. The van der Waals surface area contributed by atoms with Crippen LogP contribution in [0.25, 0.3) is 0 Å². The Bertz CT molecular complexity index is 224. The van der Waals surface area contributed by atoms with Gasteiger partial charge in [-0.3, -0.25) is 0 Å². The summed E-state index contributed by atoms with van der Waals surface area (Å²) in [5, 5.41) is 9.26. The minimum atomic E-state index is -0.565. The third-order valence-corrected chi connectivity index (χ3v) is 1.54. The molecule has 3 heteroatoms. The number of rotatable bonds is 5. The summed E-state index contributed by atoms with van der Waals surface area (Å²) >= 11 is 0. The van der Waals surface area contributed by atoms with Crippen LogP contribution in [0.2, 0.25) is 0 Å². The van der Waals surface area contributed by atoms with Gasteiger partial charge >= 0.3 is 0 Å². The summed E-state index contributed by atoms with van der Waals surface area (Å²) in [5.74, 6) is 0.762. The van der Waals surface area contributed by atoms with Crippen LogP contribution in [0.15, 0.2) is 30.3 Å². The molecule has 0 aliphatic rings. The second-order valence-corrected chi connectivity index (χ2v) is 2.73. The topological polar surface area (TPSA) is 38.7 Å². The van der Waals surface area contributed by atoms with Crippen molar-refractivity contribution in [1.29, 1.82) is 0 Å². The van der Waals surface area contributed by atoms with Gasteiger partial charge in [-0.05, 0) is 12.1 Å². The zero-order chi connectivity index (χ0) is 11.5. The Kier molecular flexibility index (Phi) is 8.82. The number of benzene rings is 1. The van der Waals surface area contributed by atoms with Gasteiger partial charge < -0.3 is 14.6 Å². The Morgan fingerprint density at radius 2 is 1.73 bits per heavy atom. The summed E-state index contributed by atoms with van der Waals surface area (Å²) in [6.45, 7) is 4.56. The zero-order valence-corrected chi connectivity index (χ0v) is 9.64. The summed E-state index contributed by atoms with van der Waals surface area (Å²) in [5.41, 5.74) is 0. The Hall–Kier alpha value is -1.06. The molecule has 1 rings (SSSR count). The minimum Gasteiger partial charge on any atom is -0.491 e. The summed E-state index contributed by atoms with van der Waals surface area (Å²) in [4.78, 5) is 0. The molecular weight excluding hydrogens is 192 g/mol. The van der Waals surface area contributed by atoms with Gasteiger partial charge in [-0.2, -0.15) is 0 Å². The first-order valence-electron chi connectivity index (χ1n) is 5.18. The molecule has 1 atom stereocenters. The van der Waals surface area contributed by atoms with Crippen LogP contribution in [0.3, 0.4) is 0 Å². The van der Waals surface area contributed by atoms with Crippen LogP contribution >= 0.6 is 0 Å². The van der Waals surface area contributed by atoms with Gasteiger partial charge in [0.1, 0.15) is 18.5 Å². The highest BCUT2D eigenvalue weighted by molar-refractivity contribution is 5.20. The first-order valence-corrected chi connectivity index (χ1v) is 5.18. The fraction of sp³-hybridized carbons (Fsp3) is 0.500. The third-order valence-electron chi connectivity index (χ3n) is 1.54. The SMILES string of the molecule is CC.COCC(O)COc1ccccc1. The highest BCUT2D eigenvalue weighted by Crippen LogP contribution is 2.08. The van der Waals surface area contributed by atoms with Crippen molar-refractivity contribution < 1.29 is 14.6 Å². The molecule has 3 nitrogen and oxygen atoms in total. The van der Waals surface area contributed by atoms with Crippen molar-refractivity contribution in [1.82, 2.24) is 0 Å². The van der Waals surface area contributed by atoms with E-state index in [2.05, 4.69) is 0 Å². The molecule has 1 N–H and O–H groups in total. The molecule has 15 heavy (non-hydrogen) atoms.